The van der Waals surface area contributed by atoms with Crippen LogP contribution in [0.4, 0.5) is 5.13 Å². The van der Waals surface area contributed by atoms with E-state index in [1.165, 1.54) is 33.6 Å². The Hall–Kier alpha value is -1.91. The number of benzene rings is 1. The van der Waals surface area contributed by atoms with E-state index in [0.29, 0.717) is 10.3 Å². The number of anilines is 1. The van der Waals surface area contributed by atoms with E-state index < -0.39 is 0 Å². The first-order valence-corrected chi connectivity index (χ1v) is 11.5. The molecule has 0 saturated heterocycles. The molecule has 1 unspecified atom stereocenters. The van der Waals surface area contributed by atoms with Crippen LogP contribution in [0, 0.1) is 6.92 Å². The number of carbonyl (C=O) groups excluding carboxylic acids is 1. The molecule has 2 heterocycles. The molecule has 0 spiro atoms. The molecule has 3 rings (SSSR count). The molecule has 2 aromatic heterocycles. The van der Waals surface area contributed by atoms with Crippen LogP contribution in [-0.2, 0) is 24.0 Å². The number of thioether (sulfide) groups is 2. The molecular formula is C18H22N6OS3. The Labute approximate surface area is 176 Å². The maximum absolute atomic E-state index is 12.4. The smallest absolute Gasteiger partial charge is 0.239 e. The normalized spacial score (nSPS) is 12.1. The highest BCUT2D eigenvalue weighted by molar-refractivity contribution is 8.00. The largest absolute Gasteiger partial charge is 0.308 e. The number of rotatable bonds is 8. The fourth-order valence-electron chi connectivity index (χ4n) is 2.22. The van der Waals surface area contributed by atoms with Crippen molar-refractivity contribution in [3.63, 3.8) is 0 Å². The third-order valence-corrected chi connectivity index (χ3v) is 7.09. The SMILES string of the molecule is CCc1nnc(NC(=O)C(C)Sc2nnc(CSc3ccc(C)cc3)n2C)s1. The van der Waals surface area contributed by atoms with Crippen molar-refractivity contribution in [2.75, 3.05) is 5.32 Å². The summed E-state index contributed by atoms with van der Waals surface area (Å²) in [6.45, 7) is 5.93. The summed E-state index contributed by atoms with van der Waals surface area (Å²) < 4.78 is 1.94. The molecule has 7 nitrogen and oxygen atoms in total. The number of nitrogens with zero attached hydrogens (tertiary/aromatic N) is 5. The second kappa shape index (κ2) is 9.53. The van der Waals surface area contributed by atoms with Gasteiger partial charge in [-0.25, -0.2) is 0 Å². The molecule has 10 heteroatoms. The van der Waals surface area contributed by atoms with Crippen molar-refractivity contribution in [2.45, 2.75) is 48.2 Å². The molecule has 0 radical (unpaired) electrons. The van der Waals surface area contributed by atoms with Gasteiger partial charge in [0.2, 0.25) is 11.0 Å². The van der Waals surface area contributed by atoms with Crippen LogP contribution in [0.5, 0.6) is 0 Å². The van der Waals surface area contributed by atoms with E-state index in [4.69, 9.17) is 0 Å². The summed E-state index contributed by atoms with van der Waals surface area (Å²) in [7, 11) is 1.93. The number of carbonyl (C=O) groups is 1. The predicted molar refractivity (Wildman–Crippen MR) is 115 cm³/mol. The number of amides is 1. The monoisotopic (exact) mass is 434 g/mol. The first-order valence-electron chi connectivity index (χ1n) is 8.84. The average Bonchev–Trinajstić information content (AvgIpc) is 3.28. The van der Waals surface area contributed by atoms with Gasteiger partial charge in [-0.1, -0.05) is 47.7 Å². The summed E-state index contributed by atoms with van der Waals surface area (Å²) in [5.41, 5.74) is 1.24. The van der Waals surface area contributed by atoms with Crippen LogP contribution in [0.1, 0.15) is 30.2 Å². The molecule has 0 aliphatic rings. The third-order valence-electron chi connectivity index (χ3n) is 3.96. The van der Waals surface area contributed by atoms with E-state index in [0.717, 1.165) is 23.0 Å². The van der Waals surface area contributed by atoms with Crippen LogP contribution in [0.3, 0.4) is 0 Å². The molecule has 1 amide bonds. The number of aryl methyl sites for hydroxylation is 2. The topological polar surface area (TPSA) is 85.6 Å². The fourth-order valence-corrected chi connectivity index (χ4v) is 4.61. The fraction of sp³-hybridized carbons (Fsp3) is 0.389. The first-order chi connectivity index (χ1) is 13.5. The van der Waals surface area contributed by atoms with Gasteiger partial charge < -0.3 is 4.57 Å². The van der Waals surface area contributed by atoms with Gasteiger partial charge in [-0.2, -0.15) is 0 Å². The van der Waals surface area contributed by atoms with Gasteiger partial charge in [0.15, 0.2) is 5.16 Å². The highest BCUT2D eigenvalue weighted by atomic mass is 32.2. The Kier molecular flexibility index (Phi) is 7.08. The maximum Gasteiger partial charge on any atom is 0.239 e. The van der Waals surface area contributed by atoms with Crippen molar-refractivity contribution < 1.29 is 4.79 Å². The van der Waals surface area contributed by atoms with Gasteiger partial charge in [0.1, 0.15) is 10.8 Å². The molecule has 3 aromatic rings. The average molecular weight is 435 g/mol. The standard InChI is InChI=1S/C18H22N6OS3/c1-5-15-21-22-17(28-15)19-16(25)12(3)27-18-23-20-14(24(18)4)10-26-13-8-6-11(2)7-9-13/h6-9,12H,5,10H2,1-4H3,(H,19,22,25). The molecule has 0 aliphatic heterocycles. The lowest BCUT2D eigenvalue weighted by molar-refractivity contribution is -0.115. The van der Waals surface area contributed by atoms with Gasteiger partial charge in [-0.05, 0) is 32.4 Å². The maximum atomic E-state index is 12.4. The van der Waals surface area contributed by atoms with Crippen molar-refractivity contribution >= 4 is 45.9 Å². The van der Waals surface area contributed by atoms with Crippen molar-refractivity contribution in [3.8, 4) is 0 Å². The van der Waals surface area contributed by atoms with Crippen molar-refractivity contribution in [2.24, 2.45) is 7.05 Å². The highest BCUT2D eigenvalue weighted by Gasteiger charge is 2.20. The van der Waals surface area contributed by atoms with Crippen molar-refractivity contribution in [1.82, 2.24) is 25.0 Å². The second-order valence-electron chi connectivity index (χ2n) is 6.16. The Balaban J connectivity index is 1.56. The molecule has 0 saturated carbocycles. The first kappa shape index (κ1) is 20.8. The van der Waals surface area contributed by atoms with E-state index in [1.54, 1.807) is 11.8 Å². The van der Waals surface area contributed by atoms with E-state index in [1.807, 2.05) is 25.5 Å². The van der Waals surface area contributed by atoms with Crippen LogP contribution in [0.2, 0.25) is 0 Å². The van der Waals surface area contributed by atoms with Crippen LogP contribution in [-0.4, -0.2) is 36.1 Å². The lowest BCUT2D eigenvalue weighted by Gasteiger charge is -2.10. The summed E-state index contributed by atoms with van der Waals surface area (Å²) in [6.07, 6.45) is 0.806. The molecule has 1 aromatic carbocycles. The zero-order valence-corrected chi connectivity index (χ0v) is 18.6. The zero-order valence-electron chi connectivity index (χ0n) is 16.2. The van der Waals surface area contributed by atoms with E-state index in [2.05, 4.69) is 56.9 Å². The van der Waals surface area contributed by atoms with Gasteiger partial charge in [0.05, 0.1) is 11.0 Å². The minimum atomic E-state index is -0.325. The van der Waals surface area contributed by atoms with Crippen LogP contribution >= 0.6 is 34.9 Å². The summed E-state index contributed by atoms with van der Waals surface area (Å²) in [5.74, 6) is 1.47. The number of hydrogen-bond donors (Lipinski definition) is 1. The van der Waals surface area contributed by atoms with Gasteiger partial charge in [0.25, 0.3) is 0 Å². The molecular weight excluding hydrogens is 412 g/mol. The molecule has 28 heavy (non-hydrogen) atoms. The number of nitrogens with one attached hydrogen (secondary N) is 1. The molecule has 1 atom stereocenters. The predicted octanol–water partition coefficient (Wildman–Crippen LogP) is 3.95. The minimum Gasteiger partial charge on any atom is -0.308 e. The molecule has 1 N–H and O–H groups in total. The van der Waals surface area contributed by atoms with Crippen LogP contribution in [0.25, 0.3) is 0 Å². The molecule has 0 aliphatic carbocycles. The van der Waals surface area contributed by atoms with Crippen molar-refractivity contribution in [3.05, 3.63) is 40.7 Å². The van der Waals surface area contributed by atoms with E-state index in [-0.39, 0.29) is 11.2 Å². The van der Waals surface area contributed by atoms with E-state index >= 15 is 0 Å². The summed E-state index contributed by atoms with van der Waals surface area (Å²) in [5, 5.41) is 21.2. The van der Waals surface area contributed by atoms with Gasteiger partial charge in [-0.15, -0.1) is 32.2 Å². The lowest BCUT2D eigenvalue weighted by Crippen LogP contribution is -2.22. The number of hydrogen-bond acceptors (Lipinski definition) is 8. The van der Waals surface area contributed by atoms with E-state index in [9.17, 15) is 4.79 Å². The summed E-state index contributed by atoms with van der Waals surface area (Å²) in [6, 6.07) is 8.41. The second-order valence-corrected chi connectivity index (χ2v) is 9.58. The zero-order chi connectivity index (χ0) is 20.1. The summed E-state index contributed by atoms with van der Waals surface area (Å²) in [4.78, 5) is 13.6. The Morgan fingerprint density at radius 1 is 1.21 bits per heavy atom. The molecule has 0 fully saturated rings. The Bertz CT molecular complexity index is 937. The molecule has 148 valence electrons. The lowest BCUT2D eigenvalue weighted by atomic mass is 10.2. The quantitative estimate of drug-likeness (QED) is 0.537. The Morgan fingerprint density at radius 2 is 1.96 bits per heavy atom. The third kappa shape index (κ3) is 5.33. The Morgan fingerprint density at radius 3 is 2.64 bits per heavy atom. The van der Waals surface area contributed by atoms with Crippen LogP contribution in [0.15, 0.2) is 34.3 Å². The summed E-state index contributed by atoms with van der Waals surface area (Å²) >= 11 is 4.49. The van der Waals surface area contributed by atoms with Crippen molar-refractivity contribution in [1.29, 1.82) is 0 Å². The van der Waals surface area contributed by atoms with Gasteiger partial charge >= 0.3 is 0 Å². The van der Waals surface area contributed by atoms with Gasteiger partial charge in [0, 0.05) is 11.9 Å². The van der Waals surface area contributed by atoms with Crippen LogP contribution < -0.4 is 5.32 Å². The number of aromatic nitrogens is 5. The minimum absolute atomic E-state index is 0.123. The molecule has 0 bridgehead atoms. The highest BCUT2D eigenvalue weighted by Crippen LogP contribution is 2.26. The van der Waals surface area contributed by atoms with Gasteiger partial charge in [-0.3, -0.25) is 10.1 Å².